The van der Waals surface area contributed by atoms with Crippen molar-refractivity contribution in [2.45, 2.75) is 31.1 Å². The van der Waals surface area contributed by atoms with Gasteiger partial charge in [-0.2, -0.15) is 0 Å². The first-order valence-corrected chi connectivity index (χ1v) is 8.88. The van der Waals surface area contributed by atoms with E-state index in [2.05, 4.69) is 10.3 Å². The lowest BCUT2D eigenvalue weighted by atomic mass is 9.88. The van der Waals surface area contributed by atoms with E-state index in [9.17, 15) is 9.59 Å². The first-order valence-electron chi connectivity index (χ1n) is 8.88. The summed E-state index contributed by atoms with van der Waals surface area (Å²) < 4.78 is 8.25. The van der Waals surface area contributed by atoms with Gasteiger partial charge in [0.2, 0.25) is 0 Å². The van der Waals surface area contributed by atoms with Crippen molar-refractivity contribution in [3.05, 3.63) is 54.1 Å². The third-order valence-corrected chi connectivity index (χ3v) is 5.27. The lowest BCUT2D eigenvalue weighted by Crippen LogP contribution is -2.54. The third kappa shape index (κ3) is 2.78. The minimum atomic E-state index is -0.619. The molecule has 0 radical (unpaired) electrons. The van der Waals surface area contributed by atoms with Crippen LogP contribution in [-0.4, -0.2) is 52.5 Å². The summed E-state index contributed by atoms with van der Waals surface area (Å²) in [6.07, 6.45) is 4.33. The fourth-order valence-electron chi connectivity index (χ4n) is 3.87. The van der Waals surface area contributed by atoms with Gasteiger partial charge in [-0.1, -0.05) is 18.2 Å². The molecule has 2 aromatic rings. The molecule has 1 N–H and O–H groups in total. The number of imidazole rings is 1. The highest BCUT2D eigenvalue weighted by Gasteiger charge is 2.47. The monoisotopic (exact) mass is 354 g/mol. The number of nitrogens with zero attached hydrogens (tertiary/aromatic N) is 3. The molecule has 26 heavy (non-hydrogen) atoms. The summed E-state index contributed by atoms with van der Waals surface area (Å²) >= 11 is 0. The molecule has 1 aromatic carbocycles. The number of fused-ring (bicyclic) bond motifs is 2. The SMILES string of the molecule is CNC(=O)[C@@H]1Cn2ccnc2C2(CCN(C(=O)c3ccccc3)CC2)O1. The van der Waals surface area contributed by atoms with Gasteiger partial charge < -0.3 is 19.5 Å². The second-order valence-corrected chi connectivity index (χ2v) is 6.78. The molecule has 7 nitrogen and oxygen atoms in total. The zero-order valence-electron chi connectivity index (χ0n) is 14.7. The highest BCUT2D eigenvalue weighted by molar-refractivity contribution is 5.94. The molecule has 0 unspecified atom stereocenters. The Bertz CT molecular complexity index is 809. The predicted octanol–water partition coefficient (Wildman–Crippen LogP) is 1.16. The number of likely N-dealkylation sites (N-methyl/N-ethyl adjacent to an activating group) is 1. The number of likely N-dealkylation sites (tertiary alicyclic amines) is 1. The number of carbonyl (C=O) groups excluding carboxylic acids is 2. The Labute approximate surface area is 152 Å². The van der Waals surface area contributed by atoms with E-state index in [0.717, 1.165) is 5.82 Å². The molecule has 3 heterocycles. The fraction of sp³-hybridized carbons (Fsp3) is 0.421. The van der Waals surface area contributed by atoms with Crippen molar-refractivity contribution >= 4 is 11.8 Å². The van der Waals surface area contributed by atoms with E-state index < -0.39 is 11.7 Å². The summed E-state index contributed by atoms with van der Waals surface area (Å²) in [7, 11) is 1.61. The van der Waals surface area contributed by atoms with E-state index in [1.165, 1.54) is 0 Å². The molecule has 1 spiro atoms. The van der Waals surface area contributed by atoms with Gasteiger partial charge in [-0.25, -0.2) is 4.98 Å². The van der Waals surface area contributed by atoms with Gasteiger partial charge in [-0.15, -0.1) is 0 Å². The Morgan fingerprint density at radius 2 is 1.96 bits per heavy atom. The van der Waals surface area contributed by atoms with Crippen molar-refractivity contribution in [3.8, 4) is 0 Å². The second kappa shape index (κ2) is 6.57. The van der Waals surface area contributed by atoms with Gasteiger partial charge in [0, 0.05) is 50.9 Å². The Kier molecular flexibility index (Phi) is 4.24. The van der Waals surface area contributed by atoms with Gasteiger partial charge in [0.25, 0.3) is 11.8 Å². The Morgan fingerprint density at radius 3 is 2.65 bits per heavy atom. The summed E-state index contributed by atoms with van der Waals surface area (Å²) in [6.45, 7) is 1.60. The zero-order chi connectivity index (χ0) is 18.1. The van der Waals surface area contributed by atoms with Gasteiger partial charge in [0.15, 0.2) is 6.10 Å². The van der Waals surface area contributed by atoms with E-state index in [1.807, 2.05) is 46.0 Å². The van der Waals surface area contributed by atoms with E-state index >= 15 is 0 Å². The predicted molar refractivity (Wildman–Crippen MR) is 94.4 cm³/mol. The summed E-state index contributed by atoms with van der Waals surface area (Å²) in [5, 5.41) is 2.67. The Balaban J connectivity index is 1.54. The van der Waals surface area contributed by atoms with Gasteiger partial charge in [0.1, 0.15) is 11.4 Å². The molecule has 2 aliphatic heterocycles. The van der Waals surface area contributed by atoms with Gasteiger partial charge >= 0.3 is 0 Å². The number of benzene rings is 1. The first kappa shape index (κ1) is 16.8. The molecule has 136 valence electrons. The van der Waals surface area contributed by atoms with Crippen LogP contribution < -0.4 is 5.32 Å². The molecular formula is C19H22N4O3. The quantitative estimate of drug-likeness (QED) is 0.878. The summed E-state index contributed by atoms with van der Waals surface area (Å²) in [5.74, 6) is 0.749. The maximum atomic E-state index is 12.7. The third-order valence-electron chi connectivity index (χ3n) is 5.27. The Morgan fingerprint density at radius 1 is 1.23 bits per heavy atom. The molecule has 1 atom stereocenters. The maximum absolute atomic E-state index is 12.7. The van der Waals surface area contributed by atoms with Gasteiger partial charge in [-0.05, 0) is 12.1 Å². The summed E-state index contributed by atoms with van der Waals surface area (Å²) in [5.41, 5.74) is 0.0737. The van der Waals surface area contributed by atoms with E-state index in [0.29, 0.717) is 38.0 Å². The zero-order valence-corrected chi connectivity index (χ0v) is 14.7. The average molecular weight is 354 g/mol. The molecule has 1 saturated heterocycles. The number of ether oxygens (including phenoxy) is 1. The molecule has 2 amide bonds. The molecule has 7 heteroatoms. The largest absolute Gasteiger partial charge is 0.357 e. The van der Waals surface area contributed by atoms with Crippen LogP contribution >= 0.6 is 0 Å². The van der Waals surface area contributed by atoms with Crippen LogP contribution in [0.3, 0.4) is 0 Å². The van der Waals surface area contributed by atoms with Crippen LogP contribution in [0.4, 0.5) is 0 Å². The number of hydrogen-bond acceptors (Lipinski definition) is 4. The van der Waals surface area contributed by atoms with Crippen LogP contribution in [0.5, 0.6) is 0 Å². The number of carbonyl (C=O) groups is 2. The lowest BCUT2D eigenvalue weighted by Gasteiger charge is -2.45. The summed E-state index contributed by atoms with van der Waals surface area (Å²) in [4.78, 5) is 31.2. The number of rotatable bonds is 2. The molecule has 0 aliphatic carbocycles. The molecular weight excluding hydrogens is 332 g/mol. The maximum Gasteiger partial charge on any atom is 0.253 e. The van der Waals surface area contributed by atoms with E-state index in [1.54, 1.807) is 13.2 Å². The van der Waals surface area contributed by atoms with Crippen LogP contribution in [0.1, 0.15) is 29.0 Å². The van der Waals surface area contributed by atoms with Crippen molar-refractivity contribution in [3.63, 3.8) is 0 Å². The average Bonchev–Trinajstić information content (AvgIpc) is 3.18. The van der Waals surface area contributed by atoms with Crippen molar-refractivity contribution < 1.29 is 14.3 Å². The molecule has 0 bridgehead atoms. The van der Waals surface area contributed by atoms with Crippen molar-refractivity contribution in [1.29, 1.82) is 0 Å². The lowest BCUT2D eigenvalue weighted by molar-refractivity contribution is -0.171. The van der Waals surface area contributed by atoms with E-state index in [4.69, 9.17) is 4.74 Å². The topological polar surface area (TPSA) is 76.5 Å². The molecule has 2 aliphatic rings. The standard InChI is InChI=1S/C19H22N4O3/c1-20-16(24)15-13-23-12-9-21-18(23)19(26-15)7-10-22(11-8-19)17(25)14-5-3-2-4-6-14/h2-6,9,12,15H,7-8,10-11,13H2,1H3,(H,20,24)/t15-/m0/s1. The number of nitrogens with one attached hydrogen (secondary N) is 1. The second-order valence-electron chi connectivity index (χ2n) is 6.78. The van der Waals surface area contributed by atoms with Crippen molar-refractivity contribution in [1.82, 2.24) is 19.8 Å². The minimum absolute atomic E-state index is 0.0300. The molecule has 4 rings (SSSR count). The van der Waals surface area contributed by atoms with E-state index in [-0.39, 0.29) is 11.8 Å². The smallest absolute Gasteiger partial charge is 0.253 e. The highest BCUT2D eigenvalue weighted by atomic mass is 16.5. The first-order chi connectivity index (χ1) is 12.6. The molecule has 1 aromatic heterocycles. The van der Waals surface area contributed by atoms with Gasteiger partial charge in [-0.3, -0.25) is 9.59 Å². The number of aromatic nitrogens is 2. The minimum Gasteiger partial charge on any atom is -0.357 e. The van der Waals surface area contributed by atoms with Crippen molar-refractivity contribution in [2.24, 2.45) is 0 Å². The number of piperidine rings is 1. The van der Waals surface area contributed by atoms with Gasteiger partial charge in [0.05, 0.1) is 6.54 Å². The van der Waals surface area contributed by atoms with Crippen molar-refractivity contribution in [2.75, 3.05) is 20.1 Å². The van der Waals surface area contributed by atoms with Crippen LogP contribution in [0.2, 0.25) is 0 Å². The van der Waals surface area contributed by atoms with Crippen LogP contribution in [0.25, 0.3) is 0 Å². The Hall–Kier alpha value is -2.67. The van der Waals surface area contributed by atoms with Crippen LogP contribution in [0.15, 0.2) is 42.7 Å². The fourth-order valence-corrected chi connectivity index (χ4v) is 3.87. The molecule has 1 fully saturated rings. The van der Waals surface area contributed by atoms with Crippen LogP contribution in [-0.2, 0) is 21.7 Å². The number of hydrogen-bond donors (Lipinski definition) is 1. The van der Waals surface area contributed by atoms with Crippen LogP contribution in [0, 0.1) is 0 Å². The normalized spacial score (nSPS) is 21.3. The highest BCUT2D eigenvalue weighted by Crippen LogP contribution is 2.40. The molecule has 0 saturated carbocycles. The number of amides is 2. The summed E-state index contributed by atoms with van der Waals surface area (Å²) in [6, 6.07) is 9.30.